The zero-order valence-electron chi connectivity index (χ0n) is 44.9. The van der Waals surface area contributed by atoms with Crippen LogP contribution >= 0.6 is 11.3 Å². The number of carbonyl (C=O) groups excluding carboxylic acids is 1. The van der Waals surface area contributed by atoms with Gasteiger partial charge in [-0.05, 0) is 165 Å². The van der Waals surface area contributed by atoms with Crippen LogP contribution in [0, 0.1) is 0 Å². The lowest BCUT2D eigenvalue weighted by molar-refractivity contribution is -0.129. The first kappa shape index (κ1) is 50.3. The Morgan fingerprint density at radius 2 is 0.854 bits per heavy atom. The van der Waals surface area contributed by atoms with E-state index in [0.717, 1.165) is 63.1 Å². The third kappa shape index (κ3) is 8.96. The zero-order valence-corrected chi connectivity index (χ0v) is 45.7. The van der Waals surface area contributed by atoms with Gasteiger partial charge in [0.05, 0.1) is 11.3 Å². The lowest BCUT2D eigenvalue weighted by atomic mass is 9.69. The average molecular weight is 1080 g/mol. The zero-order chi connectivity index (χ0) is 55.2. The third-order valence-electron chi connectivity index (χ3n) is 16.8. The minimum absolute atomic E-state index is 0.0405. The Hall–Kier alpha value is -9.95. The van der Waals surface area contributed by atoms with Crippen LogP contribution in [-0.2, 0) is 46.1 Å². The fourth-order valence-electron chi connectivity index (χ4n) is 13.2. The van der Waals surface area contributed by atoms with E-state index in [-0.39, 0.29) is 22.1 Å². The number of hydrogen-bond acceptors (Lipinski definition) is 5. The fourth-order valence-corrected chi connectivity index (χ4v) is 14.2. The van der Waals surface area contributed by atoms with Crippen LogP contribution in [0.15, 0.2) is 284 Å². The molecule has 7 heteroatoms. The lowest BCUT2D eigenvalue weighted by Crippen LogP contribution is -2.31. The number of para-hydroxylation sites is 1. The number of rotatable bonds is 15. The summed E-state index contributed by atoms with van der Waals surface area (Å²) in [5.74, 6) is -1.74. The summed E-state index contributed by atoms with van der Waals surface area (Å²) in [4.78, 5) is 30.4. The molecule has 0 bridgehead atoms. The van der Waals surface area contributed by atoms with Gasteiger partial charge in [0.1, 0.15) is 0 Å². The van der Waals surface area contributed by atoms with E-state index in [0.29, 0.717) is 5.69 Å². The van der Waals surface area contributed by atoms with Gasteiger partial charge in [0, 0.05) is 37.6 Å². The van der Waals surface area contributed by atoms with E-state index in [1.165, 1.54) is 78.1 Å². The van der Waals surface area contributed by atoms with E-state index < -0.39 is 11.9 Å². The van der Waals surface area contributed by atoms with E-state index >= 15 is 0 Å². The van der Waals surface area contributed by atoms with Crippen molar-refractivity contribution in [1.29, 1.82) is 0 Å². The minimum Gasteiger partial charge on any atom is -0.476 e. The van der Waals surface area contributed by atoms with Crippen molar-refractivity contribution < 1.29 is 14.7 Å². The Morgan fingerprint density at radius 3 is 1.30 bits per heavy atom. The first-order valence-corrected chi connectivity index (χ1v) is 28.7. The summed E-state index contributed by atoms with van der Waals surface area (Å²) >= 11 is 1.50. The Bertz CT molecular complexity index is 4000. The smallest absolute Gasteiger partial charge is 0.357 e. The Morgan fingerprint density at radius 1 is 0.451 bits per heavy atom. The number of hydrazone groups is 1. The van der Waals surface area contributed by atoms with Crippen LogP contribution in [0.25, 0.3) is 38.8 Å². The van der Waals surface area contributed by atoms with E-state index in [1.54, 1.807) is 30.3 Å². The van der Waals surface area contributed by atoms with E-state index in [9.17, 15) is 14.7 Å². The van der Waals surface area contributed by atoms with Gasteiger partial charge in [0.2, 0.25) is 0 Å². The topological polar surface area (TPSA) is 73.2 Å². The molecule has 1 aliphatic heterocycles. The molecule has 10 aromatic carbocycles. The van der Waals surface area contributed by atoms with Crippen LogP contribution in [0.3, 0.4) is 0 Å². The number of carboxylic acid groups (broad SMARTS) is 1. The summed E-state index contributed by atoms with van der Waals surface area (Å²) in [6.07, 6.45) is 4.95. The van der Waals surface area contributed by atoms with Gasteiger partial charge in [-0.15, -0.1) is 11.3 Å². The van der Waals surface area contributed by atoms with Crippen LogP contribution in [0.1, 0.15) is 49.4 Å². The van der Waals surface area contributed by atoms with Crippen molar-refractivity contribution >= 4 is 57.8 Å². The molecule has 0 radical (unpaired) electrons. The van der Waals surface area contributed by atoms with Gasteiger partial charge in [-0.3, -0.25) is 4.79 Å². The molecule has 0 fully saturated rings. The van der Waals surface area contributed by atoms with Crippen LogP contribution < -0.4 is 9.91 Å². The van der Waals surface area contributed by atoms with Crippen LogP contribution in [0.5, 0.6) is 0 Å². The predicted molar refractivity (Wildman–Crippen MR) is 334 cm³/mol. The average Bonchev–Trinajstić information content (AvgIpc) is 2.95. The molecule has 3 aliphatic rings. The van der Waals surface area contributed by atoms with Gasteiger partial charge in [-0.1, -0.05) is 212 Å². The number of benzene rings is 10. The quantitative estimate of drug-likeness (QED) is 0.104. The minimum atomic E-state index is -1.26. The predicted octanol–water partition coefficient (Wildman–Crippen LogP) is 17.3. The van der Waals surface area contributed by atoms with Crippen molar-refractivity contribution in [2.45, 2.75) is 36.5 Å². The SMILES string of the molecule is O=C(O)C1=NN(c2ccccc2)C(=O)/C1=C\c1ccc(-c2ccc(N(c3ccc4c(c3)C(Cc3ccccc3)(Cc3ccccc3)c3ccccc3-4)c3ccc4c(c3)C(Cc3ccccc3)(Cc3ccccc3)c3ccccc3-4)cc2)s1. The van der Waals surface area contributed by atoms with Gasteiger partial charge in [-0.25, -0.2) is 4.79 Å². The van der Waals surface area contributed by atoms with E-state index in [4.69, 9.17) is 0 Å². The molecule has 0 saturated heterocycles. The first-order valence-electron chi connectivity index (χ1n) is 27.9. The molecular formula is C75H55N3O3S. The molecule has 14 rings (SSSR count). The Balaban J connectivity index is 0.923. The molecule has 82 heavy (non-hydrogen) atoms. The number of aliphatic carboxylic acids is 1. The monoisotopic (exact) mass is 1080 g/mol. The number of hydrogen-bond donors (Lipinski definition) is 1. The normalized spacial score (nSPS) is 14.7. The van der Waals surface area contributed by atoms with Crippen LogP contribution in [0.4, 0.5) is 22.7 Å². The van der Waals surface area contributed by atoms with Crippen molar-refractivity contribution in [3.8, 4) is 32.7 Å². The Kier molecular flexibility index (Phi) is 12.8. The molecule has 11 aromatic rings. The van der Waals surface area contributed by atoms with Crippen LogP contribution in [-0.4, -0.2) is 22.7 Å². The lowest BCUT2D eigenvalue weighted by Gasteiger charge is -2.35. The second-order valence-electron chi connectivity index (χ2n) is 21.7. The third-order valence-corrected chi connectivity index (χ3v) is 17.9. The molecule has 6 nitrogen and oxygen atoms in total. The summed E-state index contributed by atoms with van der Waals surface area (Å²) in [7, 11) is 0. The highest BCUT2D eigenvalue weighted by atomic mass is 32.1. The molecule has 2 heterocycles. The maximum Gasteiger partial charge on any atom is 0.357 e. The fraction of sp³-hybridized carbons (Fsp3) is 0.0800. The summed E-state index contributed by atoms with van der Waals surface area (Å²) < 4.78 is 0. The second-order valence-corrected chi connectivity index (χ2v) is 22.8. The molecule has 1 N–H and O–H groups in total. The number of anilines is 4. The standard InChI is InChI=1S/C75H55N3O3S/c79-72-65(71(73(80)81)76-78(72)57-28-14-5-15-29-57)46-60-40-43-70(82-60)55-34-36-56(37-35-55)77(58-38-41-63-61-30-16-18-32-66(61)74(68(63)44-58,47-51-20-6-1-7-21-51)48-52-22-8-2-9-23-52)59-39-42-64-62-31-17-19-33-67(62)75(69(64)45-59,49-53-24-10-3-11-25-53)50-54-26-12-4-13-27-54/h1-46H,47-50H2,(H,80,81)/b65-46-. The summed E-state index contributed by atoms with van der Waals surface area (Å²) in [5, 5.41) is 15.6. The molecule has 0 spiro atoms. The summed E-state index contributed by atoms with van der Waals surface area (Å²) in [6.45, 7) is 0. The molecule has 2 aliphatic carbocycles. The molecule has 0 unspecified atom stereocenters. The highest BCUT2D eigenvalue weighted by molar-refractivity contribution is 7.16. The summed E-state index contributed by atoms with van der Waals surface area (Å²) in [5.41, 5.74) is 19.1. The van der Waals surface area contributed by atoms with Gasteiger partial charge < -0.3 is 10.0 Å². The maximum atomic E-state index is 13.8. The van der Waals surface area contributed by atoms with Crippen molar-refractivity contribution in [3.05, 3.63) is 328 Å². The van der Waals surface area contributed by atoms with Gasteiger partial charge in [0.25, 0.3) is 5.91 Å². The van der Waals surface area contributed by atoms with Gasteiger partial charge in [-0.2, -0.15) is 10.1 Å². The number of fused-ring (bicyclic) bond motifs is 6. The van der Waals surface area contributed by atoms with Crippen LogP contribution in [0.2, 0.25) is 0 Å². The summed E-state index contributed by atoms with van der Waals surface area (Å²) in [6, 6.07) is 97.9. The van der Waals surface area contributed by atoms with Crippen molar-refractivity contribution in [2.24, 2.45) is 5.10 Å². The number of thiophene rings is 1. The first-order chi connectivity index (χ1) is 40.3. The molecular weight excluding hydrogens is 1020 g/mol. The highest BCUT2D eigenvalue weighted by Gasteiger charge is 2.46. The van der Waals surface area contributed by atoms with Crippen molar-refractivity contribution in [1.82, 2.24) is 0 Å². The van der Waals surface area contributed by atoms with Crippen molar-refractivity contribution in [2.75, 3.05) is 9.91 Å². The molecule has 0 saturated carbocycles. The van der Waals surface area contributed by atoms with Crippen molar-refractivity contribution in [3.63, 3.8) is 0 Å². The maximum absolute atomic E-state index is 13.8. The number of nitrogens with zero attached hydrogens (tertiary/aromatic N) is 3. The Labute approximate surface area is 481 Å². The largest absolute Gasteiger partial charge is 0.476 e. The molecule has 394 valence electrons. The number of amides is 1. The number of carbonyl (C=O) groups is 2. The van der Waals surface area contributed by atoms with Gasteiger partial charge >= 0.3 is 5.97 Å². The number of carboxylic acids is 1. The molecule has 1 aromatic heterocycles. The molecule has 0 atom stereocenters. The van der Waals surface area contributed by atoms with Gasteiger partial charge in [0.15, 0.2) is 5.71 Å². The van der Waals surface area contributed by atoms with E-state index in [1.807, 2.05) is 18.2 Å². The highest BCUT2D eigenvalue weighted by Crippen LogP contribution is 2.56. The van der Waals surface area contributed by atoms with E-state index in [2.05, 4.69) is 241 Å². The molecule has 1 amide bonds. The second kappa shape index (κ2) is 20.9.